The first kappa shape index (κ1) is 7.80. The van der Waals surface area contributed by atoms with Crippen LogP contribution in [-0.4, -0.2) is 12.0 Å². The fraction of sp³-hybridized carbons (Fsp3) is 0.667. The Bertz CT molecular complexity index is 253. The molecule has 1 N–H and O–H groups in total. The highest BCUT2D eigenvalue weighted by molar-refractivity contribution is 5.14. The summed E-state index contributed by atoms with van der Waals surface area (Å²) in [6.07, 6.45) is 5.43. The Hall–Kier alpha value is -0.830. The summed E-state index contributed by atoms with van der Waals surface area (Å²) >= 11 is 0. The Kier molecular flexibility index (Phi) is 2.13. The summed E-state index contributed by atoms with van der Waals surface area (Å²) in [5.41, 5.74) is 1.09. The standard InChI is InChI=1S/C9H14N2O/c1-10-5-8-9(12-6-11-8)7-3-2-4-7/h6-7,10H,2-5H2,1H3. The predicted octanol–water partition coefficient (Wildman–Crippen LogP) is 1.66. The van der Waals surface area contributed by atoms with Crippen LogP contribution in [0.2, 0.25) is 0 Å². The maximum atomic E-state index is 5.37. The minimum absolute atomic E-state index is 0.649. The van der Waals surface area contributed by atoms with Crippen molar-refractivity contribution in [2.75, 3.05) is 7.05 Å². The van der Waals surface area contributed by atoms with Crippen LogP contribution in [0.25, 0.3) is 0 Å². The average Bonchev–Trinajstić information content (AvgIpc) is 2.35. The second kappa shape index (κ2) is 3.27. The van der Waals surface area contributed by atoms with Crippen LogP contribution in [-0.2, 0) is 6.54 Å². The van der Waals surface area contributed by atoms with Crippen LogP contribution in [0.15, 0.2) is 10.8 Å². The Balaban J connectivity index is 2.12. The minimum atomic E-state index is 0.649. The molecule has 1 aromatic heterocycles. The summed E-state index contributed by atoms with van der Waals surface area (Å²) in [6.45, 7) is 0.822. The molecule has 0 aliphatic heterocycles. The van der Waals surface area contributed by atoms with Crippen molar-refractivity contribution in [1.82, 2.24) is 10.3 Å². The summed E-state index contributed by atoms with van der Waals surface area (Å²) in [4.78, 5) is 4.18. The zero-order valence-corrected chi connectivity index (χ0v) is 7.34. The lowest BCUT2D eigenvalue weighted by molar-refractivity contribution is 0.342. The Morgan fingerprint density at radius 1 is 1.67 bits per heavy atom. The summed E-state index contributed by atoms with van der Waals surface area (Å²) in [6, 6.07) is 0. The van der Waals surface area contributed by atoms with E-state index in [0.717, 1.165) is 18.0 Å². The van der Waals surface area contributed by atoms with Crippen LogP contribution < -0.4 is 5.32 Å². The molecule has 1 saturated carbocycles. The van der Waals surface area contributed by atoms with Gasteiger partial charge in [-0.1, -0.05) is 6.42 Å². The largest absolute Gasteiger partial charge is 0.448 e. The first-order valence-corrected chi connectivity index (χ1v) is 4.48. The van der Waals surface area contributed by atoms with Gasteiger partial charge in [-0.25, -0.2) is 4.98 Å². The number of oxazole rings is 1. The minimum Gasteiger partial charge on any atom is -0.448 e. The van der Waals surface area contributed by atoms with Crippen LogP contribution in [0.3, 0.4) is 0 Å². The van der Waals surface area contributed by atoms with Crippen molar-refractivity contribution in [3.63, 3.8) is 0 Å². The molecule has 12 heavy (non-hydrogen) atoms. The molecule has 0 unspecified atom stereocenters. The maximum Gasteiger partial charge on any atom is 0.181 e. The number of rotatable bonds is 3. The van der Waals surface area contributed by atoms with Gasteiger partial charge in [-0.05, 0) is 19.9 Å². The average molecular weight is 166 g/mol. The second-order valence-corrected chi connectivity index (χ2v) is 3.32. The van der Waals surface area contributed by atoms with E-state index in [-0.39, 0.29) is 0 Å². The zero-order chi connectivity index (χ0) is 8.39. The molecule has 1 heterocycles. The molecule has 3 heteroatoms. The van der Waals surface area contributed by atoms with E-state index in [0.29, 0.717) is 5.92 Å². The van der Waals surface area contributed by atoms with Gasteiger partial charge in [-0.3, -0.25) is 0 Å². The molecule has 2 rings (SSSR count). The van der Waals surface area contributed by atoms with Crippen molar-refractivity contribution in [1.29, 1.82) is 0 Å². The number of hydrogen-bond acceptors (Lipinski definition) is 3. The van der Waals surface area contributed by atoms with E-state index in [1.165, 1.54) is 19.3 Å². The van der Waals surface area contributed by atoms with Gasteiger partial charge in [-0.2, -0.15) is 0 Å². The van der Waals surface area contributed by atoms with Gasteiger partial charge in [0.15, 0.2) is 6.39 Å². The molecule has 1 aliphatic rings. The molecule has 0 spiro atoms. The molecule has 0 bridgehead atoms. The molecule has 0 atom stereocenters. The smallest absolute Gasteiger partial charge is 0.181 e. The third kappa shape index (κ3) is 1.25. The monoisotopic (exact) mass is 166 g/mol. The Morgan fingerprint density at radius 2 is 2.50 bits per heavy atom. The van der Waals surface area contributed by atoms with Crippen molar-refractivity contribution in [2.24, 2.45) is 0 Å². The molecule has 1 fully saturated rings. The molecule has 0 amide bonds. The van der Waals surface area contributed by atoms with Crippen molar-refractivity contribution < 1.29 is 4.42 Å². The highest BCUT2D eigenvalue weighted by atomic mass is 16.3. The maximum absolute atomic E-state index is 5.37. The first-order valence-electron chi connectivity index (χ1n) is 4.48. The highest BCUT2D eigenvalue weighted by Gasteiger charge is 2.25. The molecule has 3 nitrogen and oxygen atoms in total. The number of aromatic nitrogens is 1. The lowest BCUT2D eigenvalue weighted by Crippen LogP contribution is -2.13. The highest BCUT2D eigenvalue weighted by Crippen LogP contribution is 2.37. The van der Waals surface area contributed by atoms with Gasteiger partial charge in [0.05, 0.1) is 5.69 Å². The summed E-state index contributed by atoms with van der Waals surface area (Å²) in [7, 11) is 1.93. The van der Waals surface area contributed by atoms with Gasteiger partial charge in [0.1, 0.15) is 5.76 Å². The van der Waals surface area contributed by atoms with Crippen LogP contribution in [0, 0.1) is 0 Å². The van der Waals surface area contributed by atoms with E-state index in [2.05, 4.69) is 10.3 Å². The summed E-state index contributed by atoms with van der Waals surface area (Å²) in [5, 5.41) is 3.09. The molecular weight excluding hydrogens is 152 g/mol. The molecule has 1 aliphatic carbocycles. The van der Waals surface area contributed by atoms with E-state index in [9.17, 15) is 0 Å². The molecule has 0 saturated heterocycles. The number of nitrogens with zero attached hydrogens (tertiary/aromatic N) is 1. The molecular formula is C9H14N2O. The van der Waals surface area contributed by atoms with Gasteiger partial charge in [0.2, 0.25) is 0 Å². The normalized spacial score (nSPS) is 17.8. The first-order chi connectivity index (χ1) is 5.92. The molecule has 0 aromatic carbocycles. The van der Waals surface area contributed by atoms with E-state index >= 15 is 0 Å². The Morgan fingerprint density at radius 3 is 3.08 bits per heavy atom. The van der Waals surface area contributed by atoms with Gasteiger partial charge >= 0.3 is 0 Å². The van der Waals surface area contributed by atoms with Crippen molar-refractivity contribution in [2.45, 2.75) is 31.7 Å². The lowest BCUT2D eigenvalue weighted by atomic mass is 9.83. The third-order valence-corrected chi connectivity index (χ3v) is 2.49. The van der Waals surface area contributed by atoms with Crippen molar-refractivity contribution in [3.8, 4) is 0 Å². The fourth-order valence-electron chi connectivity index (χ4n) is 1.58. The van der Waals surface area contributed by atoms with Crippen LogP contribution in [0.1, 0.15) is 36.6 Å². The summed E-state index contributed by atoms with van der Waals surface area (Å²) < 4.78 is 5.37. The molecule has 1 aromatic rings. The van der Waals surface area contributed by atoms with E-state index in [4.69, 9.17) is 4.42 Å². The lowest BCUT2D eigenvalue weighted by Gasteiger charge is -2.23. The molecule has 0 radical (unpaired) electrons. The second-order valence-electron chi connectivity index (χ2n) is 3.32. The predicted molar refractivity (Wildman–Crippen MR) is 45.9 cm³/mol. The van der Waals surface area contributed by atoms with Gasteiger partial charge < -0.3 is 9.73 Å². The van der Waals surface area contributed by atoms with Crippen LogP contribution in [0.4, 0.5) is 0 Å². The van der Waals surface area contributed by atoms with Crippen molar-refractivity contribution >= 4 is 0 Å². The van der Waals surface area contributed by atoms with Gasteiger partial charge in [-0.15, -0.1) is 0 Å². The number of nitrogens with one attached hydrogen (secondary N) is 1. The van der Waals surface area contributed by atoms with E-state index in [1.54, 1.807) is 6.39 Å². The van der Waals surface area contributed by atoms with Crippen molar-refractivity contribution in [3.05, 3.63) is 17.8 Å². The Labute approximate surface area is 72.2 Å². The van der Waals surface area contributed by atoms with E-state index < -0.39 is 0 Å². The topological polar surface area (TPSA) is 38.1 Å². The quantitative estimate of drug-likeness (QED) is 0.742. The SMILES string of the molecule is CNCc1ncoc1C1CCC1. The van der Waals surface area contributed by atoms with Gasteiger partial charge in [0.25, 0.3) is 0 Å². The van der Waals surface area contributed by atoms with Crippen LogP contribution >= 0.6 is 0 Å². The number of hydrogen-bond donors (Lipinski definition) is 1. The van der Waals surface area contributed by atoms with Gasteiger partial charge in [0, 0.05) is 12.5 Å². The summed E-state index contributed by atoms with van der Waals surface area (Å²) in [5.74, 6) is 1.76. The fourth-order valence-corrected chi connectivity index (χ4v) is 1.58. The molecule has 66 valence electrons. The zero-order valence-electron chi connectivity index (χ0n) is 7.34. The van der Waals surface area contributed by atoms with E-state index in [1.807, 2.05) is 7.05 Å². The van der Waals surface area contributed by atoms with Crippen LogP contribution in [0.5, 0.6) is 0 Å². The third-order valence-electron chi connectivity index (χ3n) is 2.49.